The standard InChI is InChI=1S/B.Li.O.P.Si. The van der Waals surface area contributed by atoms with E-state index in [4.69, 9.17) is 0 Å². The van der Waals surface area contributed by atoms with Gasteiger partial charge in [0.25, 0.3) is 0 Å². The Bertz CT molecular complexity index is 11.6. The summed E-state index contributed by atoms with van der Waals surface area (Å²) in [6.07, 6.45) is 0. The molecule has 5 heavy (non-hydrogen) atoms. The zero-order chi connectivity index (χ0) is 0. The van der Waals surface area contributed by atoms with Crippen molar-refractivity contribution in [3.05, 3.63) is 0 Å². The summed E-state index contributed by atoms with van der Waals surface area (Å²) in [5.74, 6) is 0. The minimum atomic E-state index is 0. The molecule has 0 aromatic carbocycles. The molecule has 0 aromatic heterocycles. The van der Waals surface area contributed by atoms with E-state index in [0.29, 0.717) is 0 Å². The predicted molar refractivity (Wildman–Crippen MR) is 24.9 cm³/mol. The average Bonchev–Trinajstić information content (AvgIpc) is 0. The maximum Gasteiger partial charge on any atom is 0 e. The van der Waals surface area contributed by atoms with Crippen LogP contribution in [0.15, 0.2) is 0 Å². The molecule has 5 heteroatoms. The predicted octanol–water partition coefficient (Wildman–Crippen LogP) is -0.400. The first-order valence-corrected chi connectivity index (χ1v) is 0. The molecular weight excluding hydrogens is 92.8 g/mol. The van der Waals surface area contributed by atoms with Gasteiger partial charge in [-0.2, -0.15) is 0 Å². The summed E-state index contributed by atoms with van der Waals surface area (Å²) in [5, 5.41) is 0. The molecule has 0 aliphatic carbocycles. The Hall–Kier alpha value is 1.27. The Balaban J connectivity index is 0. The average molecular weight is 92.8 g/mol. The van der Waals surface area contributed by atoms with Crippen molar-refractivity contribution in [1.29, 1.82) is 0 Å². The summed E-state index contributed by atoms with van der Waals surface area (Å²) in [6, 6.07) is 0. The third-order valence-electron chi connectivity index (χ3n) is 0. The van der Waals surface area contributed by atoms with Gasteiger partial charge in [0.05, 0.1) is 0 Å². The van der Waals surface area contributed by atoms with Crippen LogP contribution in [-0.4, -0.2) is 38.2 Å². The third-order valence-corrected chi connectivity index (χ3v) is 0. The third kappa shape index (κ3) is 35.0. The van der Waals surface area contributed by atoms with Crippen LogP contribution in [0.3, 0.4) is 0 Å². The van der Waals surface area contributed by atoms with E-state index < -0.39 is 0 Å². The molecule has 0 spiro atoms. The van der Waals surface area contributed by atoms with E-state index in [0.717, 1.165) is 0 Å². The van der Waals surface area contributed by atoms with E-state index >= 15 is 0 Å². The molecule has 0 aliphatic rings. The zero-order valence-corrected chi connectivity index (χ0v) is 4.83. The van der Waals surface area contributed by atoms with Crippen LogP contribution < -0.4 is 0 Å². The monoisotopic (exact) mass is 93.0 g/mol. The minimum Gasteiger partial charge on any atom is 0 e. The second kappa shape index (κ2) is 59.6. The molecule has 0 unspecified atom stereocenters. The van der Waals surface area contributed by atoms with Crippen LogP contribution in [0.2, 0.25) is 0 Å². The van der Waals surface area contributed by atoms with Crippen molar-refractivity contribution in [1.82, 2.24) is 0 Å². The maximum atomic E-state index is 0. The van der Waals surface area contributed by atoms with Gasteiger partial charge < -0.3 is 0 Å². The topological polar surface area (TPSA) is 28.5 Å². The molecule has 0 saturated heterocycles. The van der Waals surface area contributed by atoms with Crippen LogP contribution in [0.5, 0.6) is 0 Å². The molecular formula is BLiOPSi. The van der Waals surface area contributed by atoms with Crippen molar-refractivity contribution < 1.29 is 5.48 Å². The van der Waals surface area contributed by atoms with E-state index in [-0.39, 0.29) is 53.6 Å². The van der Waals surface area contributed by atoms with E-state index in [1.807, 2.05) is 0 Å². The van der Waals surface area contributed by atoms with Crippen LogP contribution in [0.1, 0.15) is 0 Å². The summed E-state index contributed by atoms with van der Waals surface area (Å²) in [6.45, 7) is 0. The minimum absolute atomic E-state index is 0. The first kappa shape index (κ1) is 108. The van der Waals surface area contributed by atoms with E-state index in [1.165, 1.54) is 0 Å². The second-order valence-electron chi connectivity index (χ2n) is 0. The number of hydrogen-bond acceptors (Lipinski definition) is 0. The molecule has 0 aromatic rings. The molecule has 0 bridgehead atoms. The van der Waals surface area contributed by atoms with E-state index in [1.54, 1.807) is 0 Å². The molecule has 13 radical (unpaired) electrons. The van der Waals surface area contributed by atoms with Crippen molar-refractivity contribution in [2.75, 3.05) is 0 Å². The largest absolute Gasteiger partial charge is 0 e. The smallest absolute Gasteiger partial charge is 0 e. The molecule has 0 atom stereocenters. The van der Waals surface area contributed by atoms with Gasteiger partial charge in [-0.05, 0) is 0 Å². The molecule has 0 heterocycles. The Morgan fingerprint density at radius 1 is 1.00 bits per heavy atom. The first-order valence-electron chi connectivity index (χ1n) is 0. The van der Waals surface area contributed by atoms with Gasteiger partial charge in [0.1, 0.15) is 0 Å². The summed E-state index contributed by atoms with van der Waals surface area (Å²) in [5.41, 5.74) is 0. The van der Waals surface area contributed by atoms with Crippen molar-refractivity contribution >= 4 is 48.1 Å². The Morgan fingerprint density at radius 3 is 1.00 bits per heavy atom. The summed E-state index contributed by atoms with van der Waals surface area (Å²) in [4.78, 5) is 0. The quantitative estimate of drug-likeness (QED) is 0.288. The summed E-state index contributed by atoms with van der Waals surface area (Å²) >= 11 is 0. The van der Waals surface area contributed by atoms with Gasteiger partial charge in [0.15, 0.2) is 0 Å². The van der Waals surface area contributed by atoms with Crippen LogP contribution in [0.4, 0.5) is 0 Å². The van der Waals surface area contributed by atoms with Gasteiger partial charge in [0, 0.05) is 53.6 Å². The van der Waals surface area contributed by atoms with Gasteiger partial charge in [-0.15, -0.1) is 0 Å². The van der Waals surface area contributed by atoms with Crippen LogP contribution in [-0.2, 0) is 5.48 Å². The molecule has 0 fully saturated rings. The summed E-state index contributed by atoms with van der Waals surface area (Å²) in [7, 11) is 0. The van der Waals surface area contributed by atoms with Gasteiger partial charge in [-0.3, -0.25) is 0 Å². The number of rotatable bonds is 0. The first-order chi connectivity index (χ1) is 0. The Morgan fingerprint density at radius 2 is 1.00 bits per heavy atom. The van der Waals surface area contributed by atoms with Crippen molar-refractivity contribution in [3.63, 3.8) is 0 Å². The van der Waals surface area contributed by atoms with Gasteiger partial charge in [-0.25, -0.2) is 0 Å². The fourth-order valence-electron chi connectivity index (χ4n) is 0. The van der Waals surface area contributed by atoms with Gasteiger partial charge >= 0.3 is 0 Å². The molecule has 0 amide bonds. The van der Waals surface area contributed by atoms with Gasteiger partial charge in [-0.1, -0.05) is 0 Å². The Kier molecular flexibility index (Phi) is 1290. The molecule has 19 valence electrons. The van der Waals surface area contributed by atoms with Crippen LogP contribution >= 0.6 is 9.90 Å². The molecule has 0 rings (SSSR count). The number of hydrogen-bond donors (Lipinski definition) is 0. The van der Waals surface area contributed by atoms with Crippen LogP contribution in [0, 0.1) is 0 Å². The van der Waals surface area contributed by atoms with E-state index in [9.17, 15) is 0 Å². The van der Waals surface area contributed by atoms with Crippen molar-refractivity contribution in [2.24, 2.45) is 0 Å². The Labute approximate surface area is 54.0 Å². The SMILES string of the molecule is [B].[Li].[O].[P].[Si]. The molecule has 1 nitrogen and oxygen atoms in total. The fourth-order valence-corrected chi connectivity index (χ4v) is 0. The molecule has 0 aliphatic heterocycles. The van der Waals surface area contributed by atoms with Crippen molar-refractivity contribution in [3.8, 4) is 0 Å². The molecule has 0 saturated carbocycles. The maximum absolute atomic E-state index is 0. The fraction of sp³-hybridized carbons (Fsp3) is 0. The molecule has 0 N–H and O–H groups in total. The second-order valence-corrected chi connectivity index (χ2v) is 0. The van der Waals surface area contributed by atoms with Gasteiger partial charge in [0.2, 0.25) is 0 Å². The van der Waals surface area contributed by atoms with Crippen molar-refractivity contribution in [2.45, 2.75) is 0 Å². The zero-order valence-electron chi connectivity index (χ0n) is 2.93. The summed E-state index contributed by atoms with van der Waals surface area (Å²) < 4.78 is 0. The normalized spacial score (nSPS) is 0. The van der Waals surface area contributed by atoms with Crippen LogP contribution in [0.25, 0.3) is 0 Å². The van der Waals surface area contributed by atoms with E-state index in [2.05, 4.69) is 0 Å².